The van der Waals surface area contributed by atoms with Crippen LogP contribution in [0.3, 0.4) is 0 Å². The molecule has 6 heteroatoms. The molecule has 2 aromatic rings. The van der Waals surface area contributed by atoms with Crippen molar-refractivity contribution < 1.29 is 4.74 Å². The summed E-state index contributed by atoms with van der Waals surface area (Å²) in [7, 11) is 1.88. The smallest absolute Gasteiger partial charge is 0.321 e. The third kappa shape index (κ3) is 3.51. The van der Waals surface area contributed by atoms with Crippen molar-refractivity contribution in [1.82, 2.24) is 15.3 Å². The minimum absolute atomic E-state index is 0.331. The van der Waals surface area contributed by atoms with Crippen molar-refractivity contribution in [3.63, 3.8) is 0 Å². The number of halogens is 2. The van der Waals surface area contributed by atoms with Gasteiger partial charge in [0.15, 0.2) is 0 Å². The van der Waals surface area contributed by atoms with Crippen LogP contribution in [0.1, 0.15) is 5.56 Å². The molecule has 0 bridgehead atoms. The summed E-state index contributed by atoms with van der Waals surface area (Å²) in [4.78, 5) is 8.30. The summed E-state index contributed by atoms with van der Waals surface area (Å²) in [5.41, 5.74) is 1.01. The Labute approximate surface area is 122 Å². The molecule has 0 radical (unpaired) electrons. The minimum Gasteiger partial charge on any atom is -0.423 e. The largest absolute Gasteiger partial charge is 0.423 e. The molecule has 1 heterocycles. The molecule has 0 fully saturated rings. The van der Waals surface area contributed by atoms with Crippen molar-refractivity contribution in [3.8, 4) is 11.8 Å². The van der Waals surface area contributed by atoms with Crippen LogP contribution in [0.5, 0.6) is 11.8 Å². The predicted octanol–water partition coefficient (Wildman–Crippen LogP) is 3.51. The normalized spacial score (nSPS) is 10.4. The molecule has 94 valence electrons. The van der Waals surface area contributed by atoms with Gasteiger partial charge in [0.2, 0.25) is 0 Å². The molecule has 1 aromatic heterocycles. The van der Waals surface area contributed by atoms with E-state index in [1.54, 1.807) is 12.4 Å². The average Bonchev–Trinajstić information content (AvgIpc) is 2.35. The van der Waals surface area contributed by atoms with Crippen molar-refractivity contribution in [2.24, 2.45) is 0 Å². The molecule has 0 aliphatic carbocycles. The highest BCUT2D eigenvalue weighted by atomic mass is 79.9. The van der Waals surface area contributed by atoms with E-state index >= 15 is 0 Å². The summed E-state index contributed by atoms with van der Waals surface area (Å²) in [5, 5.41) is 3.03. The zero-order valence-electron chi connectivity index (χ0n) is 9.65. The second-order valence-electron chi connectivity index (χ2n) is 3.58. The summed E-state index contributed by atoms with van der Waals surface area (Å²) >= 11 is 6.81. The first-order chi connectivity index (χ1) is 8.69. The number of hydrogen-bond acceptors (Lipinski definition) is 4. The van der Waals surface area contributed by atoms with Crippen LogP contribution in [-0.2, 0) is 6.54 Å². The van der Waals surface area contributed by atoms with Gasteiger partial charge in [-0.25, -0.2) is 9.97 Å². The lowest BCUT2D eigenvalue weighted by Gasteiger charge is -2.06. The highest BCUT2D eigenvalue weighted by Gasteiger charge is 2.05. The molecular weight excluding hydrogens is 362 g/mol. The molecule has 18 heavy (non-hydrogen) atoms. The van der Waals surface area contributed by atoms with Crippen LogP contribution in [0, 0.1) is 0 Å². The first kappa shape index (κ1) is 13.5. The van der Waals surface area contributed by atoms with Crippen molar-refractivity contribution in [1.29, 1.82) is 0 Å². The summed E-state index contributed by atoms with van der Waals surface area (Å²) in [6.45, 7) is 0.738. The molecule has 2 rings (SSSR count). The molecule has 4 nitrogen and oxygen atoms in total. The van der Waals surface area contributed by atoms with Gasteiger partial charge in [0.1, 0.15) is 5.75 Å². The lowest BCUT2D eigenvalue weighted by Crippen LogP contribution is -2.06. The van der Waals surface area contributed by atoms with E-state index in [1.165, 1.54) is 0 Å². The fourth-order valence-electron chi connectivity index (χ4n) is 1.35. The SMILES string of the molecule is CNCc1cnc(Oc2ccc(Br)cc2Br)nc1. The van der Waals surface area contributed by atoms with Crippen LogP contribution in [-0.4, -0.2) is 17.0 Å². The van der Waals surface area contributed by atoms with Gasteiger partial charge >= 0.3 is 6.01 Å². The fourth-order valence-corrected chi connectivity index (χ4v) is 2.48. The van der Waals surface area contributed by atoms with Gasteiger partial charge in [-0.3, -0.25) is 0 Å². The van der Waals surface area contributed by atoms with Gasteiger partial charge < -0.3 is 10.1 Å². The Balaban J connectivity index is 2.13. The number of benzene rings is 1. The third-order valence-corrected chi connectivity index (χ3v) is 3.27. The molecule has 1 N–H and O–H groups in total. The number of ether oxygens (including phenoxy) is 1. The summed E-state index contributed by atoms with van der Waals surface area (Å²) in [6, 6.07) is 5.98. The van der Waals surface area contributed by atoms with E-state index in [9.17, 15) is 0 Å². The maximum atomic E-state index is 5.59. The Hall–Kier alpha value is -0.980. The molecule has 1 aromatic carbocycles. The Bertz CT molecular complexity index is 531. The predicted molar refractivity (Wildman–Crippen MR) is 76.7 cm³/mol. The van der Waals surface area contributed by atoms with Crippen LogP contribution in [0.25, 0.3) is 0 Å². The van der Waals surface area contributed by atoms with Gasteiger partial charge in [-0.05, 0) is 41.2 Å². The number of rotatable bonds is 4. The molecule has 0 aliphatic rings. The molecule has 0 aliphatic heterocycles. The molecule has 0 saturated heterocycles. The number of nitrogens with one attached hydrogen (secondary N) is 1. The maximum absolute atomic E-state index is 5.59. The van der Waals surface area contributed by atoms with E-state index in [-0.39, 0.29) is 0 Å². The summed E-state index contributed by atoms with van der Waals surface area (Å²) in [5.74, 6) is 0.680. The number of nitrogens with zero attached hydrogens (tertiary/aromatic N) is 2. The number of hydrogen-bond donors (Lipinski definition) is 1. The first-order valence-electron chi connectivity index (χ1n) is 5.27. The van der Waals surface area contributed by atoms with Crippen LogP contribution in [0.2, 0.25) is 0 Å². The first-order valence-corrected chi connectivity index (χ1v) is 6.86. The van der Waals surface area contributed by atoms with Gasteiger partial charge in [-0.2, -0.15) is 0 Å². The number of aromatic nitrogens is 2. The van der Waals surface area contributed by atoms with Gasteiger partial charge in [-0.15, -0.1) is 0 Å². The van der Waals surface area contributed by atoms with E-state index in [0.717, 1.165) is 21.1 Å². The lowest BCUT2D eigenvalue weighted by atomic mass is 10.3. The zero-order chi connectivity index (χ0) is 13.0. The standard InChI is InChI=1S/C12H11Br2N3O/c1-15-5-8-6-16-12(17-7-8)18-11-3-2-9(13)4-10(11)14/h2-4,6-7,15H,5H2,1H3. The molecule has 0 spiro atoms. The van der Waals surface area contributed by atoms with Gasteiger partial charge in [0, 0.05) is 29.0 Å². The third-order valence-electron chi connectivity index (χ3n) is 2.16. The van der Waals surface area contributed by atoms with E-state index < -0.39 is 0 Å². The van der Waals surface area contributed by atoms with Gasteiger partial charge in [-0.1, -0.05) is 15.9 Å². The monoisotopic (exact) mass is 371 g/mol. The van der Waals surface area contributed by atoms with Crippen molar-refractivity contribution in [3.05, 3.63) is 45.1 Å². The zero-order valence-corrected chi connectivity index (χ0v) is 12.8. The topological polar surface area (TPSA) is 47.0 Å². The molecule has 0 saturated carbocycles. The van der Waals surface area contributed by atoms with Gasteiger partial charge in [0.05, 0.1) is 4.47 Å². The maximum Gasteiger partial charge on any atom is 0.321 e. The molecule has 0 atom stereocenters. The Morgan fingerprint density at radius 3 is 2.56 bits per heavy atom. The van der Waals surface area contributed by atoms with Crippen LogP contribution < -0.4 is 10.1 Å². The lowest BCUT2D eigenvalue weighted by molar-refractivity contribution is 0.438. The van der Waals surface area contributed by atoms with Crippen molar-refractivity contribution in [2.45, 2.75) is 6.54 Å². The quantitative estimate of drug-likeness (QED) is 0.891. The van der Waals surface area contributed by atoms with E-state index in [4.69, 9.17) is 4.74 Å². The average molecular weight is 373 g/mol. The fraction of sp³-hybridized carbons (Fsp3) is 0.167. The second-order valence-corrected chi connectivity index (χ2v) is 5.35. The Morgan fingerprint density at radius 2 is 1.94 bits per heavy atom. The van der Waals surface area contributed by atoms with Gasteiger partial charge in [0.25, 0.3) is 0 Å². The molecule has 0 amide bonds. The van der Waals surface area contributed by atoms with Crippen LogP contribution >= 0.6 is 31.9 Å². The highest BCUT2D eigenvalue weighted by molar-refractivity contribution is 9.11. The molecule has 0 unspecified atom stereocenters. The van der Waals surface area contributed by atoms with Crippen LogP contribution in [0.15, 0.2) is 39.5 Å². The molecular formula is C12H11Br2N3O. The Morgan fingerprint density at radius 1 is 1.22 bits per heavy atom. The van der Waals surface area contributed by atoms with Crippen LogP contribution in [0.4, 0.5) is 0 Å². The van der Waals surface area contributed by atoms with E-state index in [0.29, 0.717) is 11.8 Å². The minimum atomic E-state index is 0.331. The Kier molecular flexibility index (Phi) is 4.68. The highest BCUT2D eigenvalue weighted by Crippen LogP contribution is 2.30. The van der Waals surface area contributed by atoms with E-state index in [1.807, 2.05) is 25.2 Å². The second kappa shape index (κ2) is 6.26. The summed E-state index contributed by atoms with van der Waals surface area (Å²) in [6.07, 6.45) is 3.48. The summed E-state index contributed by atoms with van der Waals surface area (Å²) < 4.78 is 7.41. The van der Waals surface area contributed by atoms with Crippen molar-refractivity contribution in [2.75, 3.05) is 7.05 Å². The van der Waals surface area contributed by atoms with E-state index in [2.05, 4.69) is 47.1 Å². The van der Waals surface area contributed by atoms with Crippen molar-refractivity contribution >= 4 is 31.9 Å².